The summed E-state index contributed by atoms with van der Waals surface area (Å²) in [7, 11) is 0. The lowest BCUT2D eigenvalue weighted by molar-refractivity contribution is 0.104. The first-order valence-electron chi connectivity index (χ1n) is 5.64. The molecule has 2 unspecified atom stereocenters. The van der Waals surface area contributed by atoms with Gasteiger partial charge in [0.05, 0.1) is 12.2 Å². The van der Waals surface area contributed by atoms with Gasteiger partial charge in [-0.15, -0.1) is 0 Å². The molecule has 16 heavy (non-hydrogen) atoms. The zero-order valence-corrected chi connectivity index (χ0v) is 10.1. The van der Waals surface area contributed by atoms with Gasteiger partial charge in [0.15, 0.2) is 0 Å². The molecule has 0 aromatic heterocycles. The molecule has 90 valence electrons. The van der Waals surface area contributed by atoms with Gasteiger partial charge >= 0.3 is 0 Å². The Morgan fingerprint density at radius 1 is 1.31 bits per heavy atom. The molecule has 0 bridgehead atoms. The number of hydrogen-bond donors (Lipinski definition) is 2. The summed E-state index contributed by atoms with van der Waals surface area (Å²) >= 11 is 0. The van der Waals surface area contributed by atoms with Crippen LogP contribution in [0, 0.1) is 6.92 Å². The highest BCUT2D eigenvalue weighted by atomic mass is 16.5. The van der Waals surface area contributed by atoms with Gasteiger partial charge in [-0.25, -0.2) is 0 Å². The van der Waals surface area contributed by atoms with Gasteiger partial charge in [0, 0.05) is 0 Å². The highest BCUT2D eigenvalue weighted by molar-refractivity contribution is 5.36. The Bertz CT molecular complexity index is 334. The van der Waals surface area contributed by atoms with Gasteiger partial charge in [-0.3, -0.25) is 0 Å². The Hall–Kier alpha value is -1.06. The minimum atomic E-state index is -0.464. The van der Waals surface area contributed by atoms with Crippen molar-refractivity contribution >= 4 is 0 Å². The first kappa shape index (κ1) is 13.0. The van der Waals surface area contributed by atoms with E-state index in [-0.39, 0.29) is 0 Å². The number of hydrogen-bond acceptors (Lipinski definition) is 3. The lowest BCUT2D eigenvalue weighted by atomic mass is 10.1. The first-order valence-corrected chi connectivity index (χ1v) is 5.64. The molecule has 0 amide bonds. The van der Waals surface area contributed by atoms with Crippen molar-refractivity contribution in [2.24, 2.45) is 0 Å². The summed E-state index contributed by atoms with van der Waals surface area (Å²) in [6.07, 6.45) is -0.199. The van der Waals surface area contributed by atoms with Crippen LogP contribution in [0.3, 0.4) is 0 Å². The van der Waals surface area contributed by atoms with E-state index >= 15 is 0 Å². The molecule has 3 nitrogen and oxygen atoms in total. The minimum Gasteiger partial charge on any atom is -0.491 e. The van der Waals surface area contributed by atoms with Crippen molar-refractivity contribution in [1.82, 2.24) is 0 Å². The third kappa shape index (κ3) is 3.51. The molecule has 2 atom stereocenters. The second kappa shape index (κ2) is 5.87. The Morgan fingerprint density at radius 3 is 2.50 bits per heavy atom. The van der Waals surface area contributed by atoms with Gasteiger partial charge in [0.25, 0.3) is 0 Å². The van der Waals surface area contributed by atoms with E-state index in [1.54, 1.807) is 6.92 Å². The van der Waals surface area contributed by atoms with E-state index in [0.29, 0.717) is 13.0 Å². The van der Waals surface area contributed by atoms with Crippen LogP contribution in [-0.4, -0.2) is 22.9 Å². The topological polar surface area (TPSA) is 49.7 Å². The fourth-order valence-electron chi connectivity index (χ4n) is 1.40. The number of ether oxygens (including phenoxy) is 1. The Kier molecular flexibility index (Phi) is 4.77. The molecule has 0 fully saturated rings. The van der Waals surface area contributed by atoms with Gasteiger partial charge in [-0.1, -0.05) is 13.0 Å². The van der Waals surface area contributed by atoms with E-state index in [1.807, 2.05) is 32.0 Å². The monoisotopic (exact) mass is 224 g/mol. The van der Waals surface area contributed by atoms with Gasteiger partial charge in [0.1, 0.15) is 12.4 Å². The van der Waals surface area contributed by atoms with Crippen molar-refractivity contribution in [1.29, 1.82) is 0 Å². The van der Waals surface area contributed by atoms with E-state index in [1.165, 1.54) is 0 Å². The number of aryl methyl sites for hydroxylation is 1. The van der Waals surface area contributed by atoms with E-state index in [2.05, 4.69) is 0 Å². The normalized spacial score (nSPS) is 14.6. The molecule has 2 N–H and O–H groups in total. The van der Waals surface area contributed by atoms with E-state index < -0.39 is 12.2 Å². The summed E-state index contributed by atoms with van der Waals surface area (Å²) < 4.78 is 5.49. The lowest BCUT2D eigenvalue weighted by Crippen LogP contribution is -2.16. The van der Waals surface area contributed by atoms with Gasteiger partial charge in [0.2, 0.25) is 0 Å². The average molecular weight is 224 g/mol. The van der Waals surface area contributed by atoms with Crippen LogP contribution in [0.4, 0.5) is 0 Å². The Labute approximate surface area is 96.7 Å². The smallest absolute Gasteiger partial charge is 0.122 e. The second-order valence-corrected chi connectivity index (χ2v) is 4.07. The van der Waals surface area contributed by atoms with Crippen LogP contribution in [0.5, 0.6) is 5.75 Å². The predicted molar refractivity (Wildman–Crippen MR) is 63.6 cm³/mol. The van der Waals surface area contributed by atoms with Crippen LogP contribution < -0.4 is 4.74 Å². The van der Waals surface area contributed by atoms with Crippen LogP contribution in [0.15, 0.2) is 18.2 Å². The van der Waals surface area contributed by atoms with Crippen LogP contribution in [0.1, 0.15) is 37.5 Å². The predicted octanol–water partition coefficient (Wildman–Crippen LogP) is 2.20. The van der Waals surface area contributed by atoms with Crippen LogP contribution in [-0.2, 0) is 0 Å². The molecule has 0 aliphatic heterocycles. The van der Waals surface area contributed by atoms with E-state index in [4.69, 9.17) is 4.74 Å². The van der Waals surface area contributed by atoms with Crippen molar-refractivity contribution in [2.45, 2.75) is 39.4 Å². The Morgan fingerprint density at radius 2 is 2.00 bits per heavy atom. The molecule has 0 aliphatic carbocycles. The van der Waals surface area contributed by atoms with E-state index in [9.17, 15) is 10.2 Å². The maximum Gasteiger partial charge on any atom is 0.122 e. The summed E-state index contributed by atoms with van der Waals surface area (Å²) in [6, 6.07) is 5.57. The quantitative estimate of drug-likeness (QED) is 0.806. The van der Waals surface area contributed by atoms with Crippen molar-refractivity contribution in [3.05, 3.63) is 29.3 Å². The van der Waals surface area contributed by atoms with Crippen LogP contribution >= 0.6 is 0 Å². The summed E-state index contributed by atoms with van der Waals surface area (Å²) in [5.41, 5.74) is 1.85. The van der Waals surface area contributed by atoms with Gasteiger partial charge in [-0.2, -0.15) is 0 Å². The molecule has 0 aliphatic rings. The largest absolute Gasteiger partial charge is 0.491 e. The van der Waals surface area contributed by atoms with Gasteiger partial charge in [-0.05, 0) is 43.5 Å². The summed E-state index contributed by atoms with van der Waals surface area (Å²) in [5.74, 6) is 0.761. The number of benzene rings is 1. The molecule has 1 rings (SSSR count). The molecule has 1 aromatic carbocycles. The SMILES string of the molecule is CCC(O)COc1ccc(C(C)O)cc1C. The highest BCUT2D eigenvalue weighted by Crippen LogP contribution is 2.22. The molecule has 0 saturated carbocycles. The molecule has 0 saturated heterocycles. The second-order valence-electron chi connectivity index (χ2n) is 4.07. The average Bonchev–Trinajstić information content (AvgIpc) is 2.26. The molecule has 3 heteroatoms. The van der Waals surface area contributed by atoms with Crippen molar-refractivity contribution in [3.8, 4) is 5.75 Å². The van der Waals surface area contributed by atoms with Crippen LogP contribution in [0.25, 0.3) is 0 Å². The fourth-order valence-corrected chi connectivity index (χ4v) is 1.40. The number of aliphatic hydroxyl groups is 2. The highest BCUT2D eigenvalue weighted by Gasteiger charge is 2.07. The maximum absolute atomic E-state index is 9.41. The standard InChI is InChI=1S/C13H20O3/c1-4-12(15)8-16-13-6-5-11(10(3)14)7-9(13)2/h5-7,10,12,14-15H,4,8H2,1-3H3. The molecule has 0 radical (unpaired) electrons. The van der Waals surface area contributed by atoms with Crippen molar-refractivity contribution < 1.29 is 14.9 Å². The van der Waals surface area contributed by atoms with Gasteiger partial charge < -0.3 is 14.9 Å². The number of rotatable bonds is 5. The maximum atomic E-state index is 9.41. The van der Waals surface area contributed by atoms with E-state index in [0.717, 1.165) is 16.9 Å². The molecule has 0 spiro atoms. The third-order valence-corrected chi connectivity index (χ3v) is 2.58. The third-order valence-electron chi connectivity index (χ3n) is 2.58. The van der Waals surface area contributed by atoms with Crippen molar-refractivity contribution in [2.75, 3.05) is 6.61 Å². The van der Waals surface area contributed by atoms with Crippen molar-refractivity contribution in [3.63, 3.8) is 0 Å². The summed E-state index contributed by atoms with van der Waals surface area (Å²) in [4.78, 5) is 0. The molecule has 0 heterocycles. The van der Waals surface area contributed by atoms with Crippen LogP contribution in [0.2, 0.25) is 0 Å². The zero-order valence-electron chi connectivity index (χ0n) is 10.1. The molecular formula is C13H20O3. The summed E-state index contributed by atoms with van der Waals surface area (Å²) in [6.45, 7) is 5.89. The summed E-state index contributed by atoms with van der Waals surface area (Å²) in [5, 5.41) is 18.8. The zero-order chi connectivity index (χ0) is 12.1. The molecular weight excluding hydrogens is 204 g/mol. The first-order chi connectivity index (χ1) is 7.54. The fraction of sp³-hybridized carbons (Fsp3) is 0.538. The Balaban J connectivity index is 2.68. The number of aliphatic hydroxyl groups excluding tert-OH is 2. The lowest BCUT2D eigenvalue weighted by Gasteiger charge is -2.14. The molecule has 1 aromatic rings. The minimum absolute atomic E-state index is 0.311.